The van der Waals surface area contributed by atoms with E-state index in [2.05, 4.69) is 0 Å². The van der Waals surface area contributed by atoms with Crippen LogP contribution in [0.25, 0.3) is 0 Å². The van der Waals surface area contributed by atoms with Gasteiger partial charge in [-0.25, -0.2) is 9.59 Å². The number of hydrogen-bond acceptors (Lipinski definition) is 4. The minimum Gasteiger partial charge on any atom is -0.478 e. The molecule has 1 fully saturated rings. The molecule has 1 heterocycles. The Morgan fingerprint density at radius 3 is 2.81 bits per heavy atom. The highest BCUT2D eigenvalue weighted by molar-refractivity contribution is 6.20. The quantitative estimate of drug-likeness (QED) is 0.457. The molecule has 114 valence electrons. The number of rotatable bonds is 2. The zero-order valence-corrected chi connectivity index (χ0v) is 12.6. The summed E-state index contributed by atoms with van der Waals surface area (Å²) in [6, 6.07) is 0. The number of alkyl halides is 1. The summed E-state index contributed by atoms with van der Waals surface area (Å²) < 4.78 is 5.05. The van der Waals surface area contributed by atoms with Gasteiger partial charge >= 0.3 is 11.9 Å². The van der Waals surface area contributed by atoms with E-state index in [0.29, 0.717) is 0 Å². The summed E-state index contributed by atoms with van der Waals surface area (Å²) in [4.78, 5) is 23.7. The van der Waals surface area contributed by atoms with E-state index >= 15 is 0 Å². The third kappa shape index (κ3) is 1.51. The highest BCUT2D eigenvalue weighted by Crippen LogP contribution is 2.64. The summed E-state index contributed by atoms with van der Waals surface area (Å²) in [5.41, 5.74) is -1.68. The molecule has 1 spiro atoms. The van der Waals surface area contributed by atoms with Gasteiger partial charge in [0, 0.05) is 16.9 Å². The van der Waals surface area contributed by atoms with Crippen LogP contribution in [0.15, 0.2) is 23.3 Å². The van der Waals surface area contributed by atoms with Gasteiger partial charge in [-0.05, 0) is 18.8 Å². The van der Waals surface area contributed by atoms with E-state index in [1.165, 1.54) is 0 Å². The maximum Gasteiger partial charge on any atom is 0.340 e. The summed E-state index contributed by atoms with van der Waals surface area (Å²) in [5, 5.41) is 20.4. The predicted octanol–water partition coefficient (Wildman–Crippen LogP) is 1.35. The van der Waals surface area contributed by atoms with Crippen molar-refractivity contribution in [2.45, 2.75) is 19.4 Å². The molecule has 3 rings (SSSR count). The number of carboxylic acid groups (broad SMARTS) is 1. The molecular formula is C15H17ClO5. The number of halogens is 1. The molecule has 1 aliphatic heterocycles. The van der Waals surface area contributed by atoms with Crippen molar-refractivity contribution in [3.8, 4) is 0 Å². The minimum absolute atomic E-state index is 0.0385. The van der Waals surface area contributed by atoms with Gasteiger partial charge in [0.05, 0.1) is 12.5 Å². The average Bonchev–Trinajstić information content (AvgIpc) is 2.89. The van der Waals surface area contributed by atoms with E-state index in [1.807, 2.05) is 19.9 Å². The Bertz CT molecular complexity index is 595. The van der Waals surface area contributed by atoms with Crippen LogP contribution in [0.1, 0.15) is 13.8 Å². The molecule has 0 aromatic carbocycles. The lowest BCUT2D eigenvalue weighted by molar-refractivity contribution is -0.199. The Hall–Kier alpha value is -1.33. The van der Waals surface area contributed by atoms with Gasteiger partial charge < -0.3 is 14.9 Å². The maximum absolute atomic E-state index is 12.2. The van der Waals surface area contributed by atoms with Gasteiger partial charge in [0.15, 0.2) is 5.60 Å². The molecule has 6 heteroatoms. The molecule has 1 saturated heterocycles. The van der Waals surface area contributed by atoms with Crippen molar-refractivity contribution in [3.05, 3.63) is 23.3 Å². The van der Waals surface area contributed by atoms with Crippen molar-refractivity contribution in [1.82, 2.24) is 0 Å². The first kappa shape index (κ1) is 14.6. The molecule has 0 bridgehead atoms. The summed E-state index contributed by atoms with van der Waals surface area (Å²) in [6.07, 6.45) is 3.52. The number of aliphatic carboxylic acids is 1. The fourth-order valence-corrected chi connectivity index (χ4v) is 4.58. The van der Waals surface area contributed by atoms with Crippen molar-refractivity contribution in [1.29, 1.82) is 0 Å². The molecule has 0 aromatic heterocycles. The SMILES string of the molecule is CC1=C[C@@]23[C@H](C=C(C(=O)O)[C@@H]2COC(=O)[C@]3(O)CCl)[C@H]1C. The lowest BCUT2D eigenvalue weighted by atomic mass is 9.59. The van der Waals surface area contributed by atoms with Gasteiger partial charge in [0.2, 0.25) is 0 Å². The van der Waals surface area contributed by atoms with Gasteiger partial charge in [-0.3, -0.25) is 0 Å². The second-order valence-electron chi connectivity index (χ2n) is 6.21. The van der Waals surface area contributed by atoms with Gasteiger partial charge in [0.1, 0.15) is 0 Å². The van der Waals surface area contributed by atoms with Gasteiger partial charge in [-0.2, -0.15) is 0 Å². The van der Waals surface area contributed by atoms with Crippen molar-refractivity contribution in [2.75, 3.05) is 12.5 Å². The van der Waals surface area contributed by atoms with Crippen LogP contribution in [0.4, 0.5) is 0 Å². The van der Waals surface area contributed by atoms with Crippen molar-refractivity contribution in [2.24, 2.45) is 23.2 Å². The highest BCUT2D eigenvalue weighted by atomic mass is 35.5. The van der Waals surface area contributed by atoms with E-state index in [9.17, 15) is 19.8 Å². The third-order valence-corrected chi connectivity index (χ3v) is 5.85. The summed E-state index contributed by atoms with van der Waals surface area (Å²) in [6.45, 7) is 3.86. The van der Waals surface area contributed by atoms with Gasteiger partial charge in [-0.1, -0.05) is 24.6 Å². The van der Waals surface area contributed by atoms with Gasteiger partial charge in [-0.15, -0.1) is 11.6 Å². The predicted molar refractivity (Wildman–Crippen MR) is 74.7 cm³/mol. The lowest BCUT2D eigenvalue weighted by Crippen LogP contribution is -2.64. The van der Waals surface area contributed by atoms with E-state index < -0.39 is 28.9 Å². The van der Waals surface area contributed by atoms with Crippen LogP contribution >= 0.6 is 11.6 Å². The maximum atomic E-state index is 12.2. The fraction of sp³-hybridized carbons (Fsp3) is 0.600. The molecule has 21 heavy (non-hydrogen) atoms. The Morgan fingerprint density at radius 2 is 2.24 bits per heavy atom. The van der Waals surface area contributed by atoms with Crippen LogP contribution in [-0.4, -0.2) is 40.2 Å². The van der Waals surface area contributed by atoms with Crippen LogP contribution in [-0.2, 0) is 14.3 Å². The molecule has 5 atom stereocenters. The molecular weight excluding hydrogens is 296 g/mol. The molecule has 3 aliphatic rings. The molecule has 0 aromatic rings. The number of carbonyl (C=O) groups excluding carboxylic acids is 1. The lowest BCUT2D eigenvalue weighted by Gasteiger charge is -2.49. The monoisotopic (exact) mass is 312 g/mol. The standard InChI is InChI=1S/C15H17ClO5/c1-7-4-14-10(8(7)2)3-9(12(17)18)11(14)5-21-13(19)15(14,20)6-16/h3-4,8,10-11,20H,5-6H2,1-2H3,(H,17,18)/t8-,10+,11-,14+,15+/m0/s1. The van der Waals surface area contributed by atoms with Crippen molar-refractivity contribution in [3.63, 3.8) is 0 Å². The van der Waals surface area contributed by atoms with E-state index in [-0.39, 0.29) is 29.9 Å². The average molecular weight is 313 g/mol. The van der Waals surface area contributed by atoms with E-state index in [1.54, 1.807) is 6.08 Å². The smallest absolute Gasteiger partial charge is 0.340 e. The highest BCUT2D eigenvalue weighted by Gasteiger charge is 2.70. The number of hydrogen-bond donors (Lipinski definition) is 2. The Labute approximate surface area is 127 Å². The Balaban J connectivity index is 2.23. The second kappa shape index (κ2) is 4.34. The molecule has 2 N–H and O–H groups in total. The molecule has 0 unspecified atom stereocenters. The number of allylic oxidation sites excluding steroid dienone is 2. The van der Waals surface area contributed by atoms with Crippen LogP contribution in [0.3, 0.4) is 0 Å². The van der Waals surface area contributed by atoms with E-state index in [4.69, 9.17) is 16.3 Å². The molecule has 2 aliphatic carbocycles. The molecule has 0 radical (unpaired) electrons. The minimum atomic E-state index is -1.90. The Morgan fingerprint density at radius 1 is 1.57 bits per heavy atom. The molecule has 0 saturated carbocycles. The van der Waals surface area contributed by atoms with Crippen LogP contribution in [0.2, 0.25) is 0 Å². The third-order valence-electron chi connectivity index (χ3n) is 5.46. The number of carboxylic acids is 1. The first-order valence-corrected chi connectivity index (χ1v) is 7.43. The topological polar surface area (TPSA) is 83.8 Å². The van der Waals surface area contributed by atoms with Crippen molar-refractivity contribution >= 4 is 23.5 Å². The number of cyclic esters (lactones) is 1. The zero-order chi connectivity index (χ0) is 15.6. The van der Waals surface area contributed by atoms with Crippen LogP contribution in [0.5, 0.6) is 0 Å². The summed E-state index contributed by atoms with van der Waals surface area (Å²) >= 11 is 5.92. The second-order valence-corrected chi connectivity index (χ2v) is 6.48. The van der Waals surface area contributed by atoms with Crippen LogP contribution < -0.4 is 0 Å². The first-order chi connectivity index (χ1) is 9.79. The number of esters is 1. The van der Waals surface area contributed by atoms with Crippen LogP contribution in [0, 0.1) is 23.2 Å². The summed E-state index contributed by atoms with van der Waals surface area (Å²) in [7, 11) is 0. The molecule has 0 amide bonds. The first-order valence-electron chi connectivity index (χ1n) is 6.89. The molecule has 5 nitrogen and oxygen atoms in total. The van der Waals surface area contributed by atoms with Crippen molar-refractivity contribution < 1.29 is 24.5 Å². The van der Waals surface area contributed by atoms with E-state index in [0.717, 1.165) is 5.57 Å². The normalized spacial score (nSPS) is 44.6. The number of ether oxygens (including phenoxy) is 1. The zero-order valence-electron chi connectivity index (χ0n) is 11.8. The largest absolute Gasteiger partial charge is 0.478 e. The number of aliphatic hydroxyl groups is 1. The summed E-state index contributed by atoms with van der Waals surface area (Å²) in [5.74, 6) is -2.91. The number of carbonyl (C=O) groups is 2. The fourth-order valence-electron chi connectivity index (χ4n) is 4.24. The Kier molecular flexibility index (Phi) is 3.01. The van der Waals surface area contributed by atoms with Gasteiger partial charge in [0.25, 0.3) is 0 Å².